The molecule has 0 saturated carbocycles. The summed E-state index contributed by atoms with van der Waals surface area (Å²) < 4.78 is 40.2. The standard InChI is InChI=1S/C15H17FN4O3S2/c1-19(2)25(22,23)20-7-6-12-13(9-20)24-15(17-12)18-14(21)10-4-3-5-11(16)8-10/h3-5,8H,6-7,9H2,1-2H3,(H,17,18,21). The van der Waals surface area contributed by atoms with Crippen LogP contribution >= 0.6 is 11.3 Å². The van der Waals surface area contributed by atoms with Gasteiger partial charge in [0, 0.05) is 37.5 Å². The molecule has 1 aromatic heterocycles. The summed E-state index contributed by atoms with van der Waals surface area (Å²) in [5, 5.41) is 3.02. The number of carbonyl (C=O) groups is 1. The number of amides is 1. The maximum absolute atomic E-state index is 13.2. The molecule has 3 rings (SSSR count). The summed E-state index contributed by atoms with van der Waals surface area (Å²) in [5.74, 6) is -0.945. The van der Waals surface area contributed by atoms with Gasteiger partial charge in [-0.1, -0.05) is 6.07 Å². The van der Waals surface area contributed by atoms with E-state index in [0.29, 0.717) is 18.1 Å². The van der Waals surface area contributed by atoms with Crippen molar-refractivity contribution in [1.82, 2.24) is 13.6 Å². The quantitative estimate of drug-likeness (QED) is 0.870. The van der Waals surface area contributed by atoms with Gasteiger partial charge in [0.1, 0.15) is 5.82 Å². The first-order valence-electron chi connectivity index (χ1n) is 7.50. The first-order valence-corrected chi connectivity index (χ1v) is 9.72. The van der Waals surface area contributed by atoms with E-state index in [2.05, 4.69) is 10.3 Å². The number of hydrogen-bond donors (Lipinski definition) is 1. The van der Waals surface area contributed by atoms with Crippen molar-refractivity contribution >= 4 is 32.6 Å². The number of carbonyl (C=O) groups excluding carboxylic acids is 1. The third-order valence-electron chi connectivity index (χ3n) is 3.79. The van der Waals surface area contributed by atoms with Crippen LogP contribution in [0.1, 0.15) is 20.9 Å². The van der Waals surface area contributed by atoms with Crippen LogP contribution in [-0.2, 0) is 23.2 Å². The van der Waals surface area contributed by atoms with Crippen molar-refractivity contribution in [3.63, 3.8) is 0 Å². The van der Waals surface area contributed by atoms with E-state index in [0.717, 1.165) is 16.6 Å². The Balaban J connectivity index is 1.76. The molecular weight excluding hydrogens is 367 g/mol. The van der Waals surface area contributed by atoms with Gasteiger partial charge in [-0.3, -0.25) is 10.1 Å². The summed E-state index contributed by atoms with van der Waals surface area (Å²) in [6.45, 7) is 0.567. The van der Waals surface area contributed by atoms with Crippen molar-refractivity contribution < 1.29 is 17.6 Å². The Morgan fingerprint density at radius 2 is 2.16 bits per heavy atom. The topological polar surface area (TPSA) is 82.6 Å². The number of benzene rings is 1. The first kappa shape index (κ1) is 17.9. The molecule has 2 heterocycles. The second kappa shape index (κ2) is 6.79. The van der Waals surface area contributed by atoms with E-state index in [1.807, 2.05) is 0 Å². The van der Waals surface area contributed by atoms with Crippen molar-refractivity contribution in [3.8, 4) is 0 Å². The van der Waals surface area contributed by atoms with E-state index in [9.17, 15) is 17.6 Å². The number of nitrogens with zero attached hydrogens (tertiary/aromatic N) is 3. The zero-order valence-corrected chi connectivity index (χ0v) is 15.3. The molecule has 0 saturated heterocycles. The Labute approximate surface area is 149 Å². The number of rotatable bonds is 4. The third kappa shape index (κ3) is 3.71. The van der Waals surface area contributed by atoms with E-state index in [1.165, 1.54) is 52.2 Å². The molecular formula is C15H17FN4O3S2. The van der Waals surface area contributed by atoms with Crippen LogP contribution < -0.4 is 5.32 Å². The number of thiazole rings is 1. The Kier molecular flexibility index (Phi) is 4.87. The SMILES string of the molecule is CN(C)S(=O)(=O)N1CCc2nc(NC(=O)c3cccc(F)c3)sc2C1. The second-order valence-corrected chi connectivity index (χ2v) is 8.95. The summed E-state index contributed by atoms with van der Waals surface area (Å²) in [6, 6.07) is 5.38. The summed E-state index contributed by atoms with van der Waals surface area (Å²) in [6.07, 6.45) is 0.481. The van der Waals surface area contributed by atoms with Crippen LogP contribution in [0.15, 0.2) is 24.3 Å². The fourth-order valence-electron chi connectivity index (χ4n) is 2.45. The molecule has 2 aromatic rings. The van der Waals surface area contributed by atoms with Crippen molar-refractivity contribution in [3.05, 3.63) is 46.2 Å². The molecule has 1 aromatic carbocycles. The minimum absolute atomic E-state index is 0.199. The maximum Gasteiger partial charge on any atom is 0.281 e. The largest absolute Gasteiger partial charge is 0.298 e. The molecule has 7 nitrogen and oxygen atoms in total. The number of hydrogen-bond acceptors (Lipinski definition) is 5. The molecule has 0 unspecified atom stereocenters. The van der Waals surface area contributed by atoms with Crippen LogP contribution in [0.2, 0.25) is 0 Å². The third-order valence-corrected chi connectivity index (χ3v) is 6.68. The van der Waals surface area contributed by atoms with Gasteiger partial charge < -0.3 is 0 Å². The smallest absolute Gasteiger partial charge is 0.281 e. The zero-order chi connectivity index (χ0) is 18.2. The minimum atomic E-state index is -3.49. The predicted molar refractivity (Wildman–Crippen MR) is 93.2 cm³/mol. The number of nitrogens with one attached hydrogen (secondary N) is 1. The molecule has 0 aliphatic carbocycles. The average Bonchev–Trinajstić information content (AvgIpc) is 2.95. The lowest BCUT2D eigenvalue weighted by Gasteiger charge is -2.27. The number of halogens is 1. The van der Waals surface area contributed by atoms with E-state index < -0.39 is 21.9 Å². The minimum Gasteiger partial charge on any atom is -0.298 e. The Morgan fingerprint density at radius 1 is 1.40 bits per heavy atom. The van der Waals surface area contributed by atoms with Crippen LogP contribution in [-0.4, -0.2) is 48.6 Å². The summed E-state index contributed by atoms with van der Waals surface area (Å²) >= 11 is 1.23. The highest BCUT2D eigenvalue weighted by molar-refractivity contribution is 7.86. The molecule has 1 amide bonds. The molecule has 0 spiro atoms. The van der Waals surface area contributed by atoms with Crippen LogP contribution in [0.25, 0.3) is 0 Å². The van der Waals surface area contributed by atoms with Crippen LogP contribution in [0, 0.1) is 5.82 Å². The molecule has 25 heavy (non-hydrogen) atoms. The van der Waals surface area contributed by atoms with Crippen LogP contribution in [0.5, 0.6) is 0 Å². The lowest BCUT2D eigenvalue weighted by Crippen LogP contribution is -2.42. The monoisotopic (exact) mass is 384 g/mol. The van der Waals surface area contributed by atoms with E-state index in [1.54, 1.807) is 0 Å². The van der Waals surface area contributed by atoms with E-state index in [-0.39, 0.29) is 12.1 Å². The summed E-state index contributed by atoms with van der Waals surface area (Å²) in [5.41, 5.74) is 0.981. The lowest BCUT2D eigenvalue weighted by atomic mass is 10.2. The van der Waals surface area contributed by atoms with Crippen LogP contribution in [0.4, 0.5) is 9.52 Å². The average molecular weight is 384 g/mol. The van der Waals surface area contributed by atoms with Gasteiger partial charge in [0.2, 0.25) is 0 Å². The highest BCUT2D eigenvalue weighted by Gasteiger charge is 2.30. The molecule has 1 N–H and O–H groups in total. The normalized spacial score (nSPS) is 15.2. The van der Waals surface area contributed by atoms with Gasteiger partial charge >= 0.3 is 0 Å². The Hall–Kier alpha value is -1.88. The molecule has 0 atom stereocenters. The zero-order valence-electron chi connectivity index (χ0n) is 13.7. The van der Waals surface area contributed by atoms with Crippen molar-refractivity contribution in [2.45, 2.75) is 13.0 Å². The number of fused-ring (bicyclic) bond motifs is 1. The van der Waals surface area contributed by atoms with Gasteiger partial charge in [-0.2, -0.15) is 17.0 Å². The van der Waals surface area contributed by atoms with Gasteiger partial charge in [0.15, 0.2) is 5.13 Å². The molecule has 10 heteroatoms. The van der Waals surface area contributed by atoms with Crippen molar-refractivity contribution in [2.75, 3.05) is 26.0 Å². The first-order chi connectivity index (χ1) is 11.8. The van der Waals surface area contributed by atoms with E-state index >= 15 is 0 Å². The maximum atomic E-state index is 13.2. The highest BCUT2D eigenvalue weighted by Crippen LogP contribution is 2.30. The molecule has 0 bridgehead atoms. The number of anilines is 1. The van der Waals surface area contributed by atoms with Gasteiger partial charge in [0.25, 0.3) is 16.1 Å². The predicted octanol–water partition coefficient (Wildman–Crippen LogP) is 1.70. The molecule has 1 aliphatic heterocycles. The lowest BCUT2D eigenvalue weighted by molar-refractivity contribution is 0.102. The summed E-state index contributed by atoms with van der Waals surface area (Å²) in [7, 11) is -0.511. The van der Waals surface area contributed by atoms with Crippen LogP contribution in [0.3, 0.4) is 0 Å². The fraction of sp³-hybridized carbons (Fsp3) is 0.333. The molecule has 1 aliphatic rings. The molecule has 0 radical (unpaired) electrons. The Morgan fingerprint density at radius 3 is 2.84 bits per heavy atom. The summed E-state index contributed by atoms with van der Waals surface area (Å²) in [4.78, 5) is 17.3. The highest BCUT2D eigenvalue weighted by atomic mass is 32.2. The Bertz CT molecular complexity index is 911. The molecule has 134 valence electrons. The van der Waals surface area contributed by atoms with E-state index in [4.69, 9.17) is 0 Å². The van der Waals surface area contributed by atoms with Gasteiger partial charge in [-0.15, -0.1) is 11.3 Å². The fourth-order valence-corrected chi connectivity index (χ4v) is 4.63. The molecule has 0 fully saturated rings. The van der Waals surface area contributed by atoms with Gasteiger partial charge in [-0.25, -0.2) is 9.37 Å². The van der Waals surface area contributed by atoms with Gasteiger partial charge in [-0.05, 0) is 18.2 Å². The van der Waals surface area contributed by atoms with Crippen molar-refractivity contribution in [2.24, 2.45) is 0 Å². The second-order valence-electron chi connectivity index (χ2n) is 5.73. The van der Waals surface area contributed by atoms with Crippen molar-refractivity contribution in [1.29, 1.82) is 0 Å². The number of aromatic nitrogens is 1. The van der Waals surface area contributed by atoms with Gasteiger partial charge in [0.05, 0.1) is 12.2 Å².